The van der Waals surface area contributed by atoms with Crippen molar-refractivity contribution in [1.82, 2.24) is 10.2 Å². The van der Waals surface area contributed by atoms with Crippen molar-refractivity contribution in [3.05, 3.63) is 38.9 Å². The van der Waals surface area contributed by atoms with Crippen LogP contribution in [0.25, 0.3) is 10.8 Å². The second-order valence-corrected chi connectivity index (χ2v) is 3.38. The number of H-pyrrole nitrogens is 2. The summed E-state index contributed by atoms with van der Waals surface area (Å²) >= 11 is 0. The average Bonchev–Trinajstić information content (AvgIpc) is 2.31. The first-order valence-corrected chi connectivity index (χ1v) is 4.91. The van der Waals surface area contributed by atoms with Gasteiger partial charge in [-0.25, -0.2) is 0 Å². The summed E-state index contributed by atoms with van der Waals surface area (Å²) in [6, 6.07) is 4.99. The number of benzene rings is 1. The molecule has 16 heavy (non-hydrogen) atoms. The monoisotopic (exact) mass is 220 g/mol. The molecule has 5 N–H and O–H groups in total. The molecular weight excluding hydrogens is 208 g/mol. The van der Waals surface area contributed by atoms with E-state index in [9.17, 15) is 9.59 Å². The van der Waals surface area contributed by atoms with Crippen LogP contribution in [0, 0.1) is 0 Å². The molecule has 2 rings (SSSR count). The summed E-state index contributed by atoms with van der Waals surface area (Å²) in [7, 11) is 0. The number of nitrogens with one attached hydrogen (secondary N) is 3. The molecule has 0 radical (unpaired) electrons. The molecule has 1 aromatic heterocycles. The molecule has 1 heterocycles. The fourth-order valence-electron chi connectivity index (χ4n) is 1.50. The first kappa shape index (κ1) is 10.4. The molecule has 2 aromatic rings. The quantitative estimate of drug-likeness (QED) is 0.564. The zero-order valence-electron chi connectivity index (χ0n) is 8.54. The van der Waals surface area contributed by atoms with Gasteiger partial charge in [0.2, 0.25) is 0 Å². The number of aromatic nitrogens is 2. The van der Waals surface area contributed by atoms with Crippen LogP contribution in [-0.2, 0) is 0 Å². The third-order valence-corrected chi connectivity index (χ3v) is 2.27. The molecule has 0 saturated heterocycles. The molecule has 0 amide bonds. The molecule has 0 aliphatic heterocycles. The fraction of sp³-hybridized carbons (Fsp3) is 0.200. The van der Waals surface area contributed by atoms with Crippen molar-refractivity contribution in [1.29, 1.82) is 0 Å². The predicted octanol–water partition coefficient (Wildman–Crippen LogP) is -0.413. The lowest BCUT2D eigenvalue weighted by Gasteiger charge is -2.04. The highest BCUT2D eigenvalue weighted by atomic mass is 16.1. The molecule has 0 aliphatic carbocycles. The van der Waals surface area contributed by atoms with Crippen LogP contribution in [0.3, 0.4) is 0 Å². The minimum Gasteiger partial charge on any atom is -0.384 e. The summed E-state index contributed by atoms with van der Waals surface area (Å²) in [6.45, 7) is 1.12. The van der Waals surface area contributed by atoms with Gasteiger partial charge in [0.1, 0.15) is 0 Å². The van der Waals surface area contributed by atoms with E-state index in [0.29, 0.717) is 23.9 Å². The van der Waals surface area contributed by atoms with E-state index in [-0.39, 0.29) is 11.1 Å². The van der Waals surface area contributed by atoms with Crippen LogP contribution in [0.4, 0.5) is 5.69 Å². The minimum absolute atomic E-state index is 0.306. The Morgan fingerprint density at radius 1 is 1.12 bits per heavy atom. The van der Waals surface area contributed by atoms with Gasteiger partial charge < -0.3 is 11.1 Å². The molecule has 0 saturated carbocycles. The van der Waals surface area contributed by atoms with Gasteiger partial charge in [-0.05, 0) is 18.2 Å². The van der Waals surface area contributed by atoms with Gasteiger partial charge in [0.05, 0.1) is 10.8 Å². The normalized spacial score (nSPS) is 10.6. The fourth-order valence-corrected chi connectivity index (χ4v) is 1.50. The van der Waals surface area contributed by atoms with Crippen molar-refractivity contribution < 1.29 is 0 Å². The largest absolute Gasteiger partial charge is 0.384 e. The Labute approximate surface area is 90.5 Å². The summed E-state index contributed by atoms with van der Waals surface area (Å²) in [4.78, 5) is 22.9. The van der Waals surface area contributed by atoms with Gasteiger partial charge in [0, 0.05) is 18.8 Å². The Morgan fingerprint density at radius 3 is 2.50 bits per heavy atom. The molecule has 0 atom stereocenters. The van der Waals surface area contributed by atoms with E-state index in [4.69, 9.17) is 5.73 Å². The van der Waals surface area contributed by atoms with Crippen molar-refractivity contribution in [2.45, 2.75) is 0 Å². The van der Waals surface area contributed by atoms with E-state index in [1.165, 1.54) is 0 Å². The number of fused-ring (bicyclic) bond motifs is 1. The van der Waals surface area contributed by atoms with E-state index < -0.39 is 0 Å². The van der Waals surface area contributed by atoms with Crippen LogP contribution in [0.1, 0.15) is 0 Å². The summed E-state index contributed by atoms with van der Waals surface area (Å²) < 4.78 is 0. The summed E-state index contributed by atoms with van der Waals surface area (Å²) in [5, 5.41) is 8.34. The lowest BCUT2D eigenvalue weighted by Crippen LogP contribution is -2.19. The smallest absolute Gasteiger partial charge is 0.270 e. The Bertz CT molecular complexity index is 614. The molecule has 0 spiro atoms. The van der Waals surface area contributed by atoms with Gasteiger partial charge in [-0.3, -0.25) is 19.8 Å². The molecule has 6 heteroatoms. The molecule has 84 valence electrons. The topological polar surface area (TPSA) is 104 Å². The van der Waals surface area contributed by atoms with Gasteiger partial charge in [-0.15, -0.1) is 0 Å². The first-order chi connectivity index (χ1) is 7.72. The molecule has 6 nitrogen and oxygen atoms in total. The summed E-state index contributed by atoms with van der Waals surface area (Å²) in [5.74, 6) is 0. The van der Waals surface area contributed by atoms with Crippen LogP contribution >= 0.6 is 0 Å². The van der Waals surface area contributed by atoms with Crippen LogP contribution < -0.4 is 22.2 Å². The zero-order chi connectivity index (χ0) is 11.5. The van der Waals surface area contributed by atoms with E-state index in [2.05, 4.69) is 15.5 Å². The number of aromatic amines is 2. The molecule has 0 fully saturated rings. The van der Waals surface area contributed by atoms with E-state index in [1.807, 2.05) is 0 Å². The van der Waals surface area contributed by atoms with Gasteiger partial charge in [-0.2, -0.15) is 0 Å². The standard InChI is InChI=1S/C10H12N4O2/c11-3-4-12-6-1-2-7-8(5-6)10(16)14-13-9(7)15/h1-2,5,12H,3-4,11H2,(H,13,15)(H,14,16). The van der Waals surface area contributed by atoms with Crippen molar-refractivity contribution >= 4 is 16.5 Å². The van der Waals surface area contributed by atoms with Gasteiger partial charge in [-0.1, -0.05) is 0 Å². The number of hydrogen-bond donors (Lipinski definition) is 4. The maximum atomic E-state index is 11.5. The number of anilines is 1. The summed E-state index contributed by atoms with van der Waals surface area (Å²) in [5.41, 5.74) is 5.51. The van der Waals surface area contributed by atoms with Crippen molar-refractivity contribution in [2.75, 3.05) is 18.4 Å². The van der Waals surface area contributed by atoms with E-state index >= 15 is 0 Å². The third-order valence-electron chi connectivity index (χ3n) is 2.27. The molecule has 0 bridgehead atoms. The lowest BCUT2D eigenvalue weighted by molar-refractivity contribution is 0.976. The molecule has 1 aromatic carbocycles. The SMILES string of the molecule is NCCNc1ccc2c(=O)[nH][nH]c(=O)c2c1. The van der Waals surface area contributed by atoms with Crippen LogP contribution in [0.5, 0.6) is 0 Å². The highest BCUT2D eigenvalue weighted by Crippen LogP contribution is 2.12. The molecule has 0 unspecified atom stereocenters. The van der Waals surface area contributed by atoms with Gasteiger partial charge in [0.15, 0.2) is 0 Å². The van der Waals surface area contributed by atoms with Gasteiger partial charge >= 0.3 is 0 Å². The Balaban J connectivity index is 2.57. The summed E-state index contributed by atoms with van der Waals surface area (Å²) in [6.07, 6.45) is 0. The Hall–Kier alpha value is -2.08. The Morgan fingerprint density at radius 2 is 1.81 bits per heavy atom. The maximum Gasteiger partial charge on any atom is 0.270 e. The Kier molecular flexibility index (Phi) is 2.74. The highest BCUT2D eigenvalue weighted by molar-refractivity contribution is 5.83. The first-order valence-electron chi connectivity index (χ1n) is 4.91. The van der Waals surface area contributed by atoms with Crippen molar-refractivity contribution in [3.8, 4) is 0 Å². The van der Waals surface area contributed by atoms with E-state index in [1.54, 1.807) is 18.2 Å². The number of nitrogens with two attached hydrogens (primary N) is 1. The minimum atomic E-state index is -0.314. The maximum absolute atomic E-state index is 11.5. The number of hydrogen-bond acceptors (Lipinski definition) is 4. The zero-order valence-corrected chi connectivity index (χ0v) is 8.54. The van der Waals surface area contributed by atoms with Crippen molar-refractivity contribution in [3.63, 3.8) is 0 Å². The highest BCUT2D eigenvalue weighted by Gasteiger charge is 2.03. The third kappa shape index (κ3) is 1.82. The van der Waals surface area contributed by atoms with Crippen LogP contribution in [0.2, 0.25) is 0 Å². The second kappa shape index (κ2) is 4.19. The molecular formula is C10H12N4O2. The van der Waals surface area contributed by atoms with Gasteiger partial charge in [0.25, 0.3) is 11.1 Å². The average molecular weight is 220 g/mol. The number of rotatable bonds is 3. The van der Waals surface area contributed by atoms with E-state index in [0.717, 1.165) is 5.69 Å². The molecule has 0 aliphatic rings. The predicted molar refractivity (Wildman–Crippen MR) is 62.7 cm³/mol. The van der Waals surface area contributed by atoms with Crippen molar-refractivity contribution in [2.24, 2.45) is 5.73 Å². The lowest BCUT2D eigenvalue weighted by atomic mass is 10.2. The second-order valence-electron chi connectivity index (χ2n) is 3.38. The van der Waals surface area contributed by atoms with Crippen LogP contribution in [-0.4, -0.2) is 23.3 Å². The van der Waals surface area contributed by atoms with Crippen LogP contribution in [0.15, 0.2) is 27.8 Å².